The van der Waals surface area contributed by atoms with Gasteiger partial charge in [0, 0.05) is 5.57 Å². The van der Waals surface area contributed by atoms with E-state index in [-0.39, 0.29) is 5.57 Å². The van der Waals surface area contributed by atoms with Gasteiger partial charge >= 0.3 is 5.97 Å². The summed E-state index contributed by atoms with van der Waals surface area (Å²) in [5.74, 6) is -1.96. The van der Waals surface area contributed by atoms with Gasteiger partial charge in [0.15, 0.2) is 0 Å². The topological polar surface area (TPSA) is 46.5 Å². The van der Waals surface area contributed by atoms with Crippen molar-refractivity contribution in [2.24, 2.45) is 0 Å². The van der Waals surface area contributed by atoms with Gasteiger partial charge in [0.05, 0.1) is 7.11 Å². The Morgan fingerprint density at radius 1 is 1.44 bits per heavy atom. The van der Waals surface area contributed by atoms with E-state index < -0.39 is 11.8 Å². The van der Waals surface area contributed by atoms with Crippen molar-refractivity contribution in [3.63, 3.8) is 0 Å². The van der Waals surface area contributed by atoms with Crippen LogP contribution in [0.5, 0.6) is 5.75 Å². The third-order valence-electron chi connectivity index (χ3n) is 2.74. The lowest BCUT2D eigenvalue weighted by Gasteiger charge is -2.04. The number of methoxy groups -OCH3 is 1. The molecule has 1 aliphatic rings. The van der Waals surface area contributed by atoms with Gasteiger partial charge in [-0.2, -0.15) is 4.39 Å². The molecule has 0 unspecified atom stereocenters. The number of halogens is 1. The Morgan fingerprint density at radius 3 is 2.81 bits per heavy atom. The average molecular weight is 222 g/mol. The standard InChI is InChI=1S/C12H11FO3/c1-16-8-4-2-7-3-5-9(10(7)6-8)11(13)12(14)15/h2,4,6H,3,5H2,1H3,(H,14,15). The lowest BCUT2D eigenvalue weighted by molar-refractivity contribution is -0.134. The van der Waals surface area contributed by atoms with E-state index in [2.05, 4.69) is 0 Å². The van der Waals surface area contributed by atoms with Gasteiger partial charge in [0.2, 0.25) is 5.83 Å². The molecule has 0 atom stereocenters. The van der Waals surface area contributed by atoms with Gasteiger partial charge in [0.1, 0.15) is 5.75 Å². The molecule has 0 spiro atoms. The number of carbonyl (C=O) groups is 1. The third-order valence-corrected chi connectivity index (χ3v) is 2.74. The highest BCUT2D eigenvalue weighted by molar-refractivity contribution is 5.95. The zero-order valence-electron chi connectivity index (χ0n) is 8.79. The first-order valence-corrected chi connectivity index (χ1v) is 4.92. The number of hydrogen-bond acceptors (Lipinski definition) is 2. The zero-order chi connectivity index (χ0) is 11.7. The van der Waals surface area contributed by atoms with Crippen LogP contribution in [0.3, 0.4) is 0 Å². The lowest BCUT2D eigenvalue weighted by Crippen LogP contribution is -1.98. The molecule has 3 nitrogen and oxygen atoms in total. The zero-order valence-corrected chi connectivity index (χ0v) is 8.79. The summed E-state index contributed by atoms with van der Waals surface area (Å²) < 4.78 is 18.4. The predicted molar refractivity (Wildman–Crippen MR) is 57.0 cm³/mol. The number of carboxylic acid groups (broad SMARTS) is 1. The summed E-state index contributed by atoms with van der Waals surface area (Å²) in [6, 6.07) is 5.32. The van der Waals surface area contributed by atoms with Crippen LogP contribution < -0.4 is 4.74 Å². The van der Waals surface area contributed by atoms with E-state index in [4.69, 9.17) is 9.84 Å². The molecular formula is C12H11FO3. The summed E-state index contributed by atoms with van der Waals surface area (Å²) in [6.07, 6.45) is 1.11. The SMILES string of the molecule is COc1ccc2c(c1)C(=C(F)C(=O)O)CC2. The molecule has 0 heterocycles. The van der Waals surface area contributed by atoms with Crippen molar-refractivity contribution in [3.8, 4) is 5.75 Å². The van der Waals surface area contributed by atoms with Crippen LogP contribution in [0.15, 0.2) is 24.0 Å². The lowest BCUT2D eigenvalue weighted by atomic mass is 10.1. The first-order valence-electron chi connectivity index (χ1n) is 4.92. The van der Waals surface area contributed by atoms with Gasteiger partial charge in [-0.3, -0.25) is 0 Å². The van der Waals surface area contributed by atoms with Crippen molar-refractivity contribution in [1.29, 1.82) is 0 Å². The Labute approximate surface area is 92.2 Å². The van der Waals surface area contributed by atoms with Crippen LogP contribution in [0.25, 0.3) is 5.57 Å². The van der Waals surface area contributed by atoms with Crippen LogP contribution in [0.1, 0.15) is 17.5 Å². The number of hydrogen-bond donors (Lipinski definition) is 1. The molecule has 1 N–H and O–H groups in total. The van der Waals surface area contributed by atoms with E-state index in [1.807, 2.05) is 6.07 Å². The van der Waals surface area contributed by atoms with Crippen LogP contribution in [-0.4, -0.2) is 18.2 Å². The highest BCUT2D eigenvalue weighted by Crippen LogP contribution is 2.37. The molecule has 0 aromatic heterocycles. The average Bonchev–Trinajstić information content (AvgIpc) is 2.70. The van der Waals surface area contributed by atoms with Crippen LogP contribution >= 0.6 is 0 Å². The minimum Gasteiger partial charge on any atom is -0.497 e. The number of aliphatic carboxylic acids is 1. The molecule has 1 aromatic carbocycles. The van der Waals surface area contributed by atoms with Crippen molar-refractivity contribution in [2.75, 3.05) is 7.11 Å². The fourth-order valence-corrected chi connectivity index (χ4v) is 1.93. The minimum atomic E-state index is -1.51. The minimum absolute atomic E-state index is 0.265. The maximum absolute atomic E-state index is 13.4. The Hall–Kier alpha value is -1.84. The predicted octanol–water partition coefficient (Wildman–Crippen LogP) is 2.41. The first-order chi connectivity index (χ1) is 7.63. The van der Waals surface area contributed by atoms with Gasteiger partial charge in [-0.05, 0) is 36.1 Å². The van der Waals surface area contributed by atoms with Crippen molar-refractivity contribution in [1.82, 2.24) is 0 Å². The Bertz CT molecular complexity index is 477. The quantitative estimate of drug-likeness (QED) is 0.781. The molecule has 0 aliphatic heterocycles. The molecule has 2 rings (SSSR count). The summed E-state index contributed by atoms with van der Waals surface area (Å²) in [5.41, 5.74) is 1.88. The maximum atomic E-state index is 13.4. The second-order valence-corrected chi connectivity index (χ2v) is 3.62. The van der Waals surface area contributed by atoms with E-state index in [0.29, 0.717) is 24.2 Å². The normalized spacial score (nSPS) is 16.9. The number of allylic oxidation sites excluding steroid dienone is 1. The molecule has 4 heteroatoms. The summed E-state index contributed by atoms with van der Waals surface area (Å²) in [5, 5.41) is 8.63. The van der Waals surface area contributed by atoms with Crippen molar-refractivity contribution in [3.05, 3.63) is 35.2 Å². The summed E-state index contributed by atoms with van der Waals surface area (Å²) in [7, 11) is 1.52. The van der Waals surface area contributed by atoms with Crippen molar-refractivity contribution in [2.45, 2.75) is 12.8 Å². The number of benzene rings is 1. The van der Waals surface area contributed by atoms with Crippen molar-refractivity contribution >= 4 is 11.5 Å². The molecule has 84 valence electrons. The monoisotopic (exact) mass is 222 g/mol. The van der Waals surface area contributed by atoms with Crippen LogP contribution in [0, 0.1) is 0 Å². The Morgan fingerprint density at radius 2 is 2.19 bits per heavy atom. The molecule has 1 aromatic rings. The Balaban J connectivity index is 2.53. The van der Waals surface area contributed by atoms with E-state index in [0.717, 1.165) is 5.56 Å². The molecule has 1 aliphatic carbocycles. The summed E-state index contributed by atoms with van der Waals surface area (Å²) >= 11 is 0. The van der Waals surface area contributed by atoms with Crippen LogP contribution in [0.2, 0.25) is 0 Å². The number of fused-ring (bicyclic) bond motifs is 1. The molecule has 0 saturated carbocycles. The van der Waals surface area contributed by atoms with Gasteiger partial charge in [-0.25, -0.2) is 4.79 Å². The Kier molecular flexibility index (Phi) is 2.64. The number of carboxylic acids is 1. The van der Waals surface area contributed by atoms with Gasteiger partial charge in [-0.1, -0.05) is 6.07 Å². The first kappa shape index (κ1) is 10.7. The van der Waals surface area contributed by atoms with E-state index in [1.54, 1.807) is 12.1 Å². The highest BCUT2D eigenvalue weighted by Gasteiger charge is 2.23. The molecule has 0 fully saturated rings. The summed E-state index contributed by atoms with van der Waals surface area (Å²) in [4.78, 5) is 10.6. The fourth-order valence-electron chi connectivity index (χ4n) is 1.93. The second-order valence-electron chi connectivity index (χ2n) is 3.62. The number of aryl methyl sites for hydroxylation is 1. The van der Waals surface area contributed by atoms with Gasteiger partial charge in [-0.15, -0.1) is 0 Å². The van der Waals surface area contributed by atoms with E-state index >= 15 is 0 Å². The molecule has 0 bridgehead atoms. The number of ether oxygens (including phenoxy) is 1. The fraction of sp³-hybridized carbons (Fsp3) is 0.250. The third kappa shape index (κ3) is 1.66. The summed E-state index contributed by atoms with van der Waals surface area (Å²) in [6.45, 7) is 0. The van der Waals surface area contributed by atoms with Crippen molar-refractivity contribution < 1.29 is 19.0 Å². The van der Waals surface area contributed by atoms with Gasteiger partial charge < -0.3 is 9.84 Å². The maximum Gasteiger partial charge on any atom is 0.365 e. The van der Waals surface area contributed by atoms with E-state index in [9.17, 15) is 9.18 Å². The number of rotatable bonds is 2. The van der Waals surface area contributed by atoms with E-state index in [1.165, 1.54) is 7.11 Å². The smallest absolute Gasteiger partial charge is 0.365 e. The van der Waals surface area contributed by atoms with Crippen LogP contribution in [-0.2, 0) is 11.2 Å². The second kappa shape index (κ2) is 3.96. The molecule has 0 radical (unpaired) electrons. The molecule has 0 saturated heterocycles. The largest absolute Gasteiger partial charge is 0.497 e. The molecule has 0 amide bonds. The van der Waals surface area contributed by atoms with Crippen LogP contribution in [0.4, 0.5) is 4.39 Å². The molecule has 16 heavy (non-hydrogen) atoms. The molecular weight excluding hydrogens is 211 g/mol. The highest BCUT2D eigenvalue weighted by atomic mass is 19.1. The van der Waals surface area contributed by atoms with Gasteiger partial charge in [0.25, 0.3) is 0 Å².